The zero-order valence-corrected chi connectivity index (χ0v) is 11.6. The zero-order chi connectivity index (χ0) is 14.9. The summed E-state index contributed by atoms with van der Waals surface area (Å²) in [6.45, 7) is 3.74. The minimum atomic E-state index is -0.709. The molecule has 1 aromatic heterocycles. The molecule has 20 heavy (non-hydrogen) atoms. The van der Waals surface area contributed by atoms with Crippen molar-refractivity contribution in [2.45, 2.75) is 13.8 Å². The number of halogens is 2. The Balaban J connectivity index is 2.10. The SMILES string of the molecule is Cc1cc(C(=O)CNc2ccc(F)cc2F)c(C)n1C. The molecule has 0 unspecified atom stereocenters. The van der Waals surface area contributed by atoms with Gasteiger partial charge in [0.2, 0.25) is 0 Å². The molecule has 0 bridgehead atoms. The number of aryl methyl sites for hydroxylation is 1. The lowest BCUT2D eigenvalue weighted by atomic mass is 10.1. The molecule has 2 rings (SSSR count). The van der Waals surface area contributed by atoms with Crippen LogP contribution in [0.2, 0.25) is 0 Å². The molecule has 5 heteroatoms. The standard InChI is InChI=1S/C15H16F2N2O/c1-9-6-12(10(2)19(9)3)15(20)8-18-14-5-4-11(16)7-13(14)17/h4-7,18H,8H2,1-3H3. The Morgan fingerprint density at radius 1 is 1.25 bits per heavy atom. The largest absolute Gasteiger partial charge is 0.375 e. The summed E-state index contributed by atoms with van der Waals surface area (Å²) in [5, 5.41) is 2.69. The topological polar surface area (TPSA) is 34.0 Å². The van der Waals surface area contributed by atoms with Crippen LogP contribution in [0.4, 0.5) is 14.5 Å². The number of carbonyl (C=O) groups is 1. The number of ketones is 1. The highest BCUT2D eigenvalue weighted by atomic mass is 19.1. The second-order valence-electron chi connectivity index (χ2n) is 4.74. The molecule has 3 nitrogen and oxygen atoms in total. The van der Waals surface area contributed by atoms with E-state index in [2.05, 4.69) is 5.32 Å². The molecule has 0 aliphatic rings. The molecule has 0 fully saturated rings. The van der Waals surface area contributed by atoms with Gasteiger partial charge in [0.25, 0.3) is 0 Å². The van der Waals surface area contributed by atoms with E-state index in [9.17, 15) is 13.6 Å². The van der Waals surface area contributed by atoms with Gasteiger partial charge in [-0.25, -0.2) is 8.78 Å². The Hall–Kier alpha value is -2.17. The van der Waals surface area contributed by atoms with Crippen molar-refractivity contribution in [1.82, 2.24) is 4.57 Å². The van der Waals surface area contributed by atoms with Crippen LogP contribution >= 0.6 is 0 Å². The Bertz CT molecular complexity index is 662. The summed E-state index contributed by atoms with van der Waals surface area (Å²) < 4.78 is 28.1. The highest BCUT2D eigenvalue weighted by Gasteiger charge is 2.14. The molecule has 0 atom stereocenters. The van der Waals surface area contributed by atoms with Crippen LogP contribution < -0.4 is 5.32 Å². The van der Waals surface area contributed by atoms with Crippen LogP contribution in [0.3, 0.4) is 0 Å². The molecule has 1 N–H and O–H groups in total. The average molecular weight is 278 g/mol. The maximum Gasteiger partial charge on any atom is 0.183 e. The third-order valence-electron chi connectivity index (χ3n) is 3.45. The molecule has 1 heterocycles. The van der Waals surface area contributed by atoms with E-state index in [1.807, 2.05) is 25.5 Å². The molecule has 0 aliphatic heterocycles. The molecule has 0 saturated carbocycles. The molecule has 0 spiro atoms. The number of Topliss-reactive ketones (excluding diaryl/α,β-unsaturated/α-hetero) is 1. The Morgan fingerprint density at radius 3 is 2.50 bits per heavy atom. The maximum atomic E-state index is 13.4. The highest BCUT2D eigenvalue weighted by Crippen LogP contribution is 2.17. The van der Waals surface area contributed by atoms with Crippen molar-refractivity contribution in [3.63, 3.8) is 0 Å². The minimum absolute atomic E-state index is 0.0349. The lowest BCUT2D eigenvalue weighted by molar-refractivity contribution is 0.101. The third-order valence-corrected chi connectivity index (χ3v) is 3.45. The number of nitrogens with one attached hydrogen (secondary N) is 1. The quantitative estimate of drug-likeness (QED) is 0.871. The number of aromatic nitrogens is 1. The van der Waals surface area contributed by atoms with E-state index in [4.69, 9.17) is 0 Å². The first-order chi connectivity index (χ1) is 9.40. The van der Waals surface area contributed by atoms with E-state index in [0.717, 1.165) is 23.5 Å². The molecule has 0 saturated heterocycles. The fourth-order valence-corrected chi connectivity index (χ4v) is 2.04. The Kier molecular flexibility index (Phi) is 3.88. The molecular formula is C15H16F2N2O. The van der Waals surface area contributed by atoms with Crippen LogP contribution in [0.15, 0.2) is 24.3 Å². The van der Waals surface area contributed by atoms with Gasteiger partial charge in [0.1, 0.15) is 11.6 Å². The average Bonchev–Trinajstić information content (AvgIpc) is 2.65. The van der Waals surface area contributed by atoms with Crippen molar-refractivity contribution in [1.29, 1.82) is 0 Å². The first kappa shape index (κ1) is 14.2. The number of anilines is 1. The summed E-state index contributed by atoms with van der Waals surface area (Å²) in [6.07, 6.45) is 0. The smallest absolute Gasteiger partial charge is 0.183 e. The van der Waals surface area contributed by atoms with Gasteiger partial charge in [0, 0.05) is 30.1 Å². The number of rotatable bonds is 4. The highest BCUT2D eigenvalue weighted by molar-refractivity contribution is 6.00. The van der Waals surface area contributed by atoms with E-state index in [0.29, 0.717) is 5.56 Å². The molecule has 0 aliphatic carbocycles. The van der Waals surface area contributed by atoms with Gasteiger partial charge in [-0.3, -0.25) is 4.79 Å². The monoisotopic (exact) mass is 278 g/mol. The van der Waals surface area contributed by atoms with E-state index in [1.165, 1.54) is 6.07 Å². The summed E-state index contributed by atoms with van der Waals surface area (Å²) in [7, 11) is 1.88. The molecule has 1 aromatic carbocycles. The molecule has 0 amide bonds. The lowest BCUT2D eigenvalue weighted by Crippen LogP contribution is -2.15. The summed E-state index contributed by atoms with van der Waals surface area (Å²) in [4.78, 5) is 12.1. The fourth-order valence-electron chi connectivity index (χ4n) is 2.04. The molecule has 0 radical (unpaired) electrons. The van der Waals surface area contributed by atoms with Crippen molar-refractivity contribution in [3.8, 4) is 0 Å². The van der Waals surface area contributed by atoms with Crippen molar-refractivity contribution in [2.24, 2.45) is 7.05 Å². The fraction of sp³-hybridized carbons (Fsp3) is 0.267. The number of hydrogen-bond donors (Lipinski definition) is 1. The zero-order valence-electron chi connectivity index (χ0n) is 11.6. The van der Waals surface area contributed by atoms with Gasteiger partial charge >= 0.3 is 0 Å². The van der Waals surface area contributed by atoms with Crippen molar-refractivity contribution < 1.29 is 13.6 Å². The summed E-state index contributed by atoms with van der Waals surface area (Å²) in [5.74, 6) is -1.48. The van der Waals surface area contributed by atoms with Gasteiger partial charge in [-0.1, -0.05) is 0 Å². The van der Waals surface area contributed by atoms with Crippen LogP contribution in [0, 0.1) is 25.5 Å². The van der Waals surface area contributed by atoms with Crippen LogP contribution in [0.1, 0.15) is 21.7 Å². The second kappa shape index (κ2) is 5.45. The van der Waals surface area contributed by atoms with Crippen molar-refractivity contribution >= 4 is 11.5 Å². The number of benzene rings is 1. The lowest BCUT2D eigenvalue weighted by Gasteiger charge is -2.07. The van der Waals surface area contributed by atoms with Crippen LogP contribution in [0.5, 0.6) is 0 Å². The van der Waals surface area contributed by atoms with E-state index < -0.39 is 11.6 Å². The van der Waals surface area contributed by atoms with E-state index in [-0.39, 0.29) is 18.0 Å². The Morgan fingerprint density at radius 2 is 1.95 bits per heavy atom. The molecular weight excluding hydrogens is 262 g/mol. The summed E-state index contributed by atoms with van der Waals surface area (Å²) in [5.41, 5.74) is 2.58. The number of nitrogens with zero attached hydrogens (tertiary/aromatic N) is 1. The van der Waals surface area contributed by atoms with Gasteiger partial charge in [0.15, 0.2) is 5.78 Å². The maximum absolute atomic E-state index is 13.4. The first-order valence-electron chi connectivity index (χ1n) is 6.25. The predicted molar refractivity (Wildman–Crippen MR) is 74.1 cm³/mol. The number of carbonyl (C=O) groups excluding carboxylic acids is 1. The van der Waals surface area contributed by atoms with E-state index >= 15 is 0 Å². The van der Waals surface area contributed by atoms with E-state index in [1.54, 1.807) is 6.07 Å². The minimum Gasteiger partial charge on any atom is -0.375 e. The number of hydrogen-bond acceptors (Lipinski definition) is 2. The van der Waals surface area contributed by atoms with Crippen LogP contribution in [-0.4, -0.2) is 16.9 Å². The van der Waals surface area contributed by atoms with Crippen LogP contribution in [-0.2, 0) is 7.05 Å². The molecule has 106 valence electrons. The predicted octanol–water partition coefficient (Wildman–Crippen LogP) is 3.21. The second-order valence-corrected chi connectivity index (χ2v) is 4.74. The summed E-state index contributed by atoms with van der Waals surface area (Å²) >= 11 is 0. The van der Waals surface area contributed by atoms with Crippen molar-refractivity contribution in [3.05, 3.63) is 52.9 Å². The third kappa shape index (κ3) is 2.71. The normalized spacial score (nSPS) is 10.7. The van der Waals surface area contributed by atoms with Gasteiger partial charge in [-0.15, -0.1) is 0 Å². The first-order valence-corrected chi connectivity index (χ1v) is 6.25. The van der Waals surface area contributed by atoms with Gasteiger partial charge < -0.3 is 9.88 Å². The van der Waals surface area contributed by atoms with Gasteiger partial charge in [-0.05, 0) is 32.0 Å². The van der Waals surface area contributed by atoms with Gasteiger partial charge in [-0.2, -0.15) is 0 Å². The van der Waals surface area contributed by atoms with Crippen molar-refractivity contribution in [2.75, 3.05) is 11.9 Å². The van der Waals surface area contributed by atoms with Crippen LogP contribution in [0.25, 0.3) is 0 Å². The summed E-state index contributed by atoms with van der Waals surface area (Å²) in [6, 6.07) is 5.01. The van der Waals surface area contributed by atoms with Gasteiger partial charge in [0.05, 0.1) is 12.2 Å². The molecule has 2 aromatic rings. The Labute approximate surface area is 116 Å².